The average molecular weight is 280 g/mol. The van der Waals surface area contributed by atoms with Crippen LogP contribution in [0.15, 0.2) is 12.1 Å². The normalized spacial score (nSPS) is 11.1. The molecule has 0 aliphatic rings. The van der Waals surface area contributed by atoms with E-state index in [1.54, 1.807) is 12.1 Å². The van der Waals surface area contributed by atoms with Crippen LogP contribution in [0.5, 0.6) is 17.2 Å². The molecular weight excluding hydrogens is 256 g/mol. The van der Waals surface area contributed by atoms with Crippen LogP contribution in [-0.4, -0.2) is 24.6 Å². The predicted molar refractivity (Wildman–Crippen MR) is 79.1 cm³/mol. The summed E-state index contributed by atoms with van der Waals surface area (Å²) in [6.45, 7) is 11.5. The summed E-state index contributed by atoms with van der Waals surface area (Å²) in [6.07, 6.45) is 0.731. The third-order valence-electron chi connectivity index (χ3n) is 2.29. The first kappa shape index (κ1) is 16.3. The van der Waals surface area contributed by atoms with E-state index in [-0.39, 0.29) is 18.3 Å². The molecule has 0 aliphatic heterocycles. The van der Waals surface area contributed by atoms with E-state index >= 15 is 0 Å². The second-order valence-electron chi connectivity index (χ2n) is 5.45. The second kappa shape index (κ2) is 7.17. The van der Waals surface area contributed by atoms with Crippen molar-refractivity contribution >= 4 is 6.29 Å². The lowest BCUT2D eigenvalue weighted by atomic mass is 10.1. The Labute approximate surface area is 121 Å². The number of carbonyl (C=O) groups excluding carboxylic acids is 1. The Morgan fingerprint density at radius 2 is 1.20 bits per heavy atom. The first-order chi connectivity index (χ1) is 9.33. The second-order valence-corrected chi connectivity index (χ2v) is 5.45. The van der Waals surface area contributed by atoms with Crippen LogP contribution >= 0.6 is 0 Å². The number of carbonyl (C=O) groups is 1. The molecule has 0 N–H and O–H groups in total. The minimum atomic E-state index is -0.0325. The first-order valence-electron chi connectivity index (χ1n) is 6.96. The quantitative estimate of drug-likeness (QED) is 0.711. The van der Waals surface area contributed by atoms with Crippen molar-refractivity contribution in [2.75, 3.05) is 0 Å². The lowest BCUT2D eigenvalue weighted by Gasteiger charge is -2.19. The molecule has 112 valence electrons. The molecule has 0 aliphatic carbocycles. The van der Waals surface area contributed by atoms with E-state index in [0.29, 0.717) is 22.8 Å². The molecule has 0 bridgehead atoms. The maximum atomic E-state index is 11.3. The zero-order valence-electron chi connectivity index (χ0n) is 13.1. The van der Waals surface area contributed by atoms with Crippen molar-refractivity contribution in [1.29, 1.82) is 0 Å². The molecule has 20 heavy (non-hydrogen) atoms. The molecular formula is C16H24O4. The maximum Gasteiger partial charge on any atom is 0.157 e. The molecule has 0 heterocycles. The van der Waals surface area contributed by atoms with E-state index in [9.17, 15) is 4.79 Å². The summed E-state index contributed by atoms with van der Waals surface area (Å²) in [5.74, 6) is 1.62. The third-order valence-corrected chi connectivity index (χ3v) is 2.29. The molecule has 0 unspecified atom stereocenters. The van der Waals surface area contributed by atoms with Gasteiger partial charge in [0.15, 0.2) is 6.29 Å². The van der Waals surface area contributed by atoms with Crippen LogP contribution in [0.2, 0.25) is 0 Å². The number of hydrogen-bond donors (Lipinski definition) is 0. The fourth-order valence-electron chi connectivity index (χ4n) is 1.74. The fourth-order valence-corrected chi connectivity index (χ4v) is 1.74. The van der Waals surface area contributed by atoms with Gasteiger partial charge in [0.25, 0.3) is 0 Å². The maximum absolute atomic E-state index is 11.3. The standard InChI is InChI=1S/C16H24O4/c1-10(2)18-13-7-15(19-11(3)4)14(9-17)16(8-13)20-12(5)6/h7-12H,1-6H3. The van der Waals surface area contributed by atoms with Crippen LogP contribution in [0.25, 0.3) is 0 Å². The van der Waals surface area contributed by atoms with Crippen molar-refractivity contribution in [3.63, 3.8) is 0 Å². The van der Waals surface area contributed by atoms with Crippen molar-refractivity contribution in [1.82, 2.24) is 0 Å². The summed E-state index contributed by atoms with van der Waals surface area (Å²) in [6, 6.07) is 3.47. The number of rotatable bonds is 7. The molecule has 0 atom stereocenters. The largest absolute Gasteiger partial charge is 0.491 e. The van der Waals surface area contributed by atoms with Gasteiger partial charge in [-0.3, -0.25) is 4.79 Å². The molecule has 4 nitrogen and oxygen atoms in total. The molecule has 0 fully saturated rings. The Hall–Kier alpha value is -1.71. The van der Waals surface area contributed by atoms with E-state index in [1.165, 1.54) is 0 Å². The third kappa shape index (κ3) is 4.76. The van der Waals surface area contributed by atoms with Gasteiger partial charge in [-0.05, 0) is 41.5 Å². The summed E-state index contributed by atoms with van der Waals surface area (Å²) in [4.78, 5) is 11.3. The lowest BCUT2D eigenvalue weighted by Crippen LogP contribution is -2.12. The zero-order chi connectivity index (χ0) is 15.3. The number of hydrogen-bond acceptors (Lipinski definition) is 4. The lowest BCUT2D eigenvalue weighted by molar-refractivity contribution is 0.111. The van der Waals surface area contributed by atoms with Crippen LogP contribution in [-0.2, 0) is 0 Å². The van der Waals surface area contributed by atoms with Crippen LogP contribution in [0.4, 0.5) is 0 Å². The SMILES string of the molecule is CC(C)Oc1cc(OC(C)C)c(C=O)c(OC(C)C)c1. The summed E-state index contributed by atoms with van der Waals surface area (Å²) in [5.41, 5.74) is 0.420. The van der Waals surface area contributed by atoms with Gasteiger partial charge in [0.2, 0.25) is 0 Å². The molecule has 0 amide bonds. The Kier molecular flexibility index (Phi) is 5.86. The van der Waals surface area contributed by atoms with Crippen molar-refractivity contribution < 1.29 is 19.0 Å². The van der Waals surface area contributed by atoms with Crippen molar-refractivity contribution in [3.8, 4) is 17.2 Å². The van der Waals surface area contributed by atoms with Gasteiger partial charge in [-0.1, -0.05) is 0 Å². The number of ether oxygens (including phenoxy) is 3. The molecule has 0 radical (unpaired) electrons. The molecule has 1 aromatic rings. The molecule has 1 aromatic carbocycles. The highest BCUT2D eigenvalue weighted by Gasteiger charge is 2.16. The Balaban J connectivity index is 3.26. The summed E-state index contributed by atoms with van der Waals surface area (Å²) in [7, 11) is 0. The predicted octanol–water partition coefficient (Wildman–Crippen LogP) is 3.86. The van der Waals surface area contributed by atoms with Gasteiger partial charge >= 0.3 is 0 Å². The smallest absolute Gasteiger partial charge is 0.157 e. The monoisotopic (exact) mass is 280 g/mol. The van der Waals surface area contributed by atoms with Crippen LogP contribution in [0.1, 0.15) is 51.9 Å². The van der Waals surface area contributed by atoms with Gasteiger partial charge < -0.3 is 14.2 Å². The highest BCUT2D eigenvalue weighted by Crippen LogP contribution is 2.34. The van der Waals surface area contributed by atoms with Crippen molar-refractivity contribution in [2.45, 2.75) is 59.9 Å². The van der Waals surface area contributed by atoms with E-state index in [1.807, 2.05) is 41.5 Å². The van der Waals surface area contributed by atoms with Crippen molar-refractivity contribution in [2.24, 2.45) is 0 Å². The van der Waals surface area contributed by atoms with Gasteiger partial charge in [-0.25, -0.2) is 0 Å². The number of benzene rings is 1. The van der Waals surface area contributed by atoms with Crippen LogP contribution in [0, 0.1) is 0 Å². The van der Waals surface area contributed by atoms with Gasteiger partial charge in [-0.2, -0.15) is 0 Å². The molecule has 0 saturated heterocycles. The molecule has 0 spiro atoms. The van der Waals surface area contributed by atoms with Crippen LogP contribution < -0.4 is 14.2 Å². The van der Waals surface area contributed by atoms with Gasteiger partial charge in [-0.15, -0.1) is 0 Å². The van der Waals surface area contributed by atoms with Crippen molar-refractivity contribution in [3.05, 3.63) is 17.7 Å². The fraction of sp³-hybridized carbons (Fsp3) is 0.562. The van der Waals surface area contributed by atoms with Crippen LogP contribution in [0.3, 0.4) is 0 Å². The number of aldehydes is 1. The molecule has 0 aromatic heterocycles. The Morgan fingerprint density at radius 3 is 1.50 bits per heavy atom. The highest BCUT2D eigenvalue weighted by molar-refractivity contribution is 5.84. The average Bonchev–Trinajstić information content (AvgIpc) is 2.26. The summed E-state index contributed by atoms with van der Waals surface area (Å²) >= 11 is 0. The minimum absolute atomic E-state index is 0.0325. The molecule has 1 rings (SSSR count). The Bertz CT molecular complexity index is 419. The van der Waals surface area contributed by atoms with E-state index in [4.69, 9.17) is 14.2 Å². The highest BCUT2D eigenvalue weighted by atomic mass is 16.5. The first-order valence-corrected chi connectivity index (χ1v) is 6.96. The van der Waals surface area contributed by atoms with E-state index in [0.717, 1.165) is 6.29 Å². The topological polar surface area (TPSA) is 44.8 Å². The zero-order valence-corrected chi connectivity index (χ0v) is 13.1. The van der Waals surface area contributed by atoms with Gasteiger partial charge in [0.1, 0.15) is 17.2 Å². The minimum Gasteiger partial charge on any atom is -0.491 e. The van der Waals surface area contributed by atoms with Gasteiger partial charge in [0.05, 0.1) is 23.9 Å². The summed E-state index contributed by atoms with van der Waals surface area (Å²) in [5, 5.41) is 0. The van der Waals surface area contributed by atoms with Gasteiger partial charge in [0, 0.05) is 12.1 Å². The molecule has 4 heteroatoms. The van der Waals surface area contributed by atoms with E-state index < -0.39 is 0 Å². The Morgan fingerprint density at radius 1 is 0.800 bits per heavy atom. The van der Waals surface area contributed by atoms with E-state index in [2.05, 4.69) is 0 Å². The summed E-state index contributed by atoms with van der Waals surface area (Å²) < 4.78 is 17.1. The molecule has 0 saturated carbocycles.